The Labute approximate surface area is 138 Å². The van der Waals surface area contributed by atoms with Crippen LogP contribution in [0.15, 0.2) is 22.7 Å². The fourth-order valence-electron chi connectivity index (χ4n) is 2.45. The largest absolute Gasteiger partial charge is 0.342 e. The van der Waals surface area contributed by atoms with Gasteiger partial charge in [0.2, 0.25) is 11.8 Å². The highest BCUT2D eigenvalue weighted by Crippen LogP contribution is 2.30. The number of hydrogen-bond acceptors (Lipinski definition) is 2. The molecular formula is C15H18BrClN2O2. The molecule has 114 valence electrons. The predicted octanol–water partition coefficient (Wildman–Crippen LogP) is 3.37. The highest BCUT2D eigenvalue weighted by Gasteiger charge is 2.39. The molecule has 0 saturated carbocycles. The summed E-state index contributed by atoms with van der Waals surface area (Å²) in [5, 5.41) is 3.37. The van der Waals surface area contributed by atoms with Crippen LogP contribution in [0.1, 0.15) is 27.2 Å². The van der Waals surface area contributed by atoms with Gasteiger partial charge < -0.3 is 5.32 Å². The minimum absolute atomic E-state index is 0.0787. The Hall–Kier alpha value is -1.07. The van der Waals surface area contributed by atoms with E-state index in [4.69, 9.17) is 11.6 Å². The molecule has 0 bridgehead atoms. The molecule has 1 aromatic carbocycles. The Morgan fingerprint density at radius 1 is 1.38 bits per heavy atom. The lowest BCUT2D eigenvalue weighted by Crippen LogP contribution is -2.63. The van der Waals surface area contributed by atoms with E-state index in [2.05, 4.69) is 21.2 Å². The number of nitrogens with zero attached hydrogens (tertiary/aromatic N) is 1. The first kappa shape index (κ1) is 16.3. The van der Waals surface area contributed by atoms with Crippen LogP contribution in [0.4, 0.5) is 5.69 Å². The van der Waals surface area contributed by atoms with Crippen LogP contribution in [0.3, 0.4) is 0 Å². The van der Waals surface area contributed by atoms with Crippen molar-refractivity contribution in [2.24, 2.45) is 5.92 Å². The number of anilines is 1. The lowest BCUT2D eigenvalue weighted by atomic mass is 9.98. The summed E-state index contributed by atoms with van der Waals surface area (Å²) in [6.07, 6.45) is 0.628. The van der Waals surface area contributed by atoms with Crippen molar-refractivity contribution in [3.8, 4) is 0 Å². The van der Waals surface area contributed by atoms with E-state index in [0.29, 0.717) is 27.5 Å². The van der Waals surface area contributed by atoms with E-state index in [0.717, 1.165) is 0 Å². The molecule has 2 rings (SSSR count). The minimum atomic E-state index is -0.533. The minimum Gasteiger partial charge on any atom is -0.342 e. The molecule has 0 spiro atoms. The number of carbonyl (C=O) groups is 2. The number of hydrogen-bond donors (Lipinski definition) is 1. The third kappa shape index (κ3) is 3.40. The summed E-state index contributed by atoms with van der Waals surface area (Å²) in [5.74, 6) is 0.114. The van der Waals surface area contributed by atoms with Crippen LogP contribution in [0.25, 0.3) is 0 Å². The summed E-state index contributed by atoms with van der Waals surface area (Å²) in [4.78, 5) is 26.3. The zero-order valence-corrected chi connectivity index (χ0v) is 14.5. The molecule has 2 amide bonds. The molecule has 21 heavy (non-hydrogen) atoms. The molecular weight excluding hydrogens is 356 g/mol. The van der Waals surface area contributed by atoms with Crippen LogP contribution in [0.2, 0.25) is 5.02 Å². The van der Waals surface area contributed by atoms with Crippen LogP contribution < -0.4 is 10.2 Å². The van der Waals surface area contributed by atoms with Crippen molar-refractivity contribution in [1.82, 2.24) is 5.32 Å². The quantitative estimate of drug-likeness (QED) is 0.883. The lowest BCUT2D eigenvalue weighted by molar-refractivity contribution is -0.133. The monoisotopic (exact) mass is 372 g/mol. The van der Waals surface area contributed by atoms with E-state index >= 15 is 0 Å². The average Bonchev–Trinajstić information content (AvgIpc) is 2.40. The zero-order valence-electron chi connectivity index (χ0n) is 12.2. The van der Waals surface area contributed by atoms with Gasteiger partial charge in [0, 0.05) is 10.2 Å². The van der Waals surface area contributed by atoms with E-state index in [9.17, 15) is 9.59 Å². The molecule has 4 nitrogen and oxygen atoms in total. The lowest BCUT2D eigenvalue weighted by Gasteiger charge is -2.38. The molecule has 6 heteroatoms. The van der Waals surface area contributed by atoms with Crippen LogP contribution in [-0.2, 0) is 9.59 Å². The number of benzene rings is 1. The molecule has 1 N–H and O–H groups in total. The van der Waals surface area contributed by atoms with E-state index in [-0.39, 0.29) is 11.8 Å². The second-order valence-electron chi connectivity index (χ2n) is 5.67. The van der Waals surface area contributed by atoms with E-state index < -0.39 is 12.1 Å². The highest BCUT2D eigenvalue weighted by molar-refractivity contribution is 9.10. The van der Waals surface area contributed by atoms with Crippen LogP contribution in [0.5, 0.6) is 0 Å². The van der Waals surface area contributed by atoms with Crippen molar-refractivity contribution in [2.45, 2.75) is 39.3 Å². The molecule has 1 saturated heterocycles. The van der Waals surface area contributed by atoms with Crippen molar-refractivity contribution in [1.29, 1.82) is 0 Å². The van der Waals surface area contributed by atoms with Crippen LogP contribution in [0, 0.1) is 5.92 Å². The predicted molar refractivity (Wildman–Crippen MR) is 87.5 cm³/mol. The molecule has 1 aliphatic rings. The van der Waals surface area contributed by atoms with Gasteiger partial charge in [-0.2, -0.15) is 0 Å². The molecule has 2 unspecified atom stereocenters. The number of amides is 2. The van der Waals surface area contributed by atoms with Gasteiger partial charge in [0.25, 0.3) is 0 Å². The fourth-order valence-corrected chi connectivity index (χ4v) is 2.93. The van der Waals surface area contributed by atoms with Crippen molar-refractivity contribution < 1.29 is 9.59 Å². The molecule has 0 aromatic heterocycles. The molecule has 0 radical (unpaired) electrons. The zero-order chi connectivity index (χ0) is 15.7. The number of nitrogens with one attached hydrogen (secondary N) is 1. The number of piperazine rings is 1. The molecule has 1 aromatic rings. The summed E-state index contributed by atoms with van der Waals surface area (Å²) in [6.45, 7) is 5.78. The van der Waals surface area contributed by atoms with Gasteiger partial charge in [-0.25, -0.2) is 0 Å². The molecule has 1 heterocycles. The van der Waals surface area contributed by atoms with Gasteiger partial charge in [0.05, 0.1) is 5.02 Å². The Balaban J connectivity index is 2.36. The second kappa shape index (κ2) is 6.36. The van der Waals surface area contributed by atoms with Crippen molar-refractivity contribution >= 4 is 45.0 Å². The Bertz CT molecular complexity index is 577. The molecule has 1 aliphatic heterocycles. The highest BCUT2D eigenvalue weighted by atomic mass is 79.9. The van der Waals surface area contributed by atoms with Crippen LogP contribution >= 0.6 is 27.5 Å². The van der Waals surface area contributed by atoms with Gasteiger partial charge in [0.15, 0.2) is 0 Å². The molecule has 0 aliphatic carbocycles. The van der Waals surface area contributed by atoms with Gasteiger partial charge in [-0.15, -0.1) is 0 Å². The first-order chi connectivity index (χ1) is 9.81. The molecule has 1 fully saturated rings. The Kier molecular flexibility index (Phi) is 4.94. The molecule has 2 atom stereocenters. The van der Waals surface area contributed by atoms with Crippen molar-refractivity contribution in [2.75, 3.05) is 4.90 Å². The van der Waals surface area contributed by atoms with Gasteiger partial charge >= 0.3 is 0 Å². The maximum Gasteiger partial charge on any atom is 0.250 e. The summed E-state index contributed by atoms with van der Waals surface area (Å²) in [5.41, 5.74) is 0.674. The maximum atomic E-state index is 12.7. The summed E-state index contributed by atoms with van der Waals surface area (Å²) in [7, 11) is 0. The number of halogens is 2. The summed E-state index contributed by atoms with van der Waals surface area (Å²) in [6, 6.07) is 4.23. The Morgan fingerprint density at radius 2 is 2.05 bits per heavy atom. The summed E-state index contributed by atoms with van der Waals surface area (Å²) >= 11 is 9.34. The standard InChI is InChI=1S/C15H18BrClN2O2/c1-8(2)6-13-15(21)19(9(3)14(20)18-13)10-4-5-12(17)11(16)7-10/h4-5,7-9,13H,6H2,1-3H3,(H,18,20). The SMILES string of the molecule is CC(C)CC1NC(=O)C(C)N(c2ccc(Cl)c(Br)c2)C1=O. The number of carbonyl (C=O) groups excluding carboxylic acids is 2. The van der Waals surface area contributed by atoms with Gasteiger partial charge in [-0.05, 0) is 53.4 Å². The fraction of sp³-hybridized carbons (Fsp3) is 0.467. The van der Waals surface area contributed by atoms with E-state index in [1.807, 2.05) is 13.8 Å². The van der Waals surface area contributed by atoms with Gasteiger partial charge in [-0.3, -0.25) is 14.5 Å². The van der Waals surface area contributed by atoms with Crippen molar-refractivity contribution in [3.05, 3.63) is 27.7 Å². The third-order valence-electron chi connectivity index (χ3n) is 3.51. The van der Waals surface area contributed by atoms with Crippen LogP contribution in [-0.4, -0.2) is 23.9 Å². The third-order valence-corrected chi connectivity index (χ3v) is 4.72. The first-order valence-corrected chi connectivity index (χ1v) is 8.07. The van der Waals surface area contributed by atoms with Gasteiger partial charge in [0.1, 0.15) is 12.1 Å². The smallest absolute Gasteiger partial charge is 0.250 e. The van der Waals surface area contributed by atoms with Gasteiger partial charge in [-0.1, -0.05) is 25.4 Å². The van der Waals surface area contributed by atoms with E-state index in [1.54, 1.807) is 30.0 Å². The van der Waals surface area contributed by atoms with Crippen molar-refractivity contribution in [3.63, 3.8) is 0 Å². The Morgan fingerprint density at radius 3 is 2.62 bits per heavy atom. The number of rotatable bonds is 3. The summed E-state index contributed by atoms with van der Waals surface area (Å²) < 4.78 is 0.702. The topological polar surface area (TPSA) is 49.4 Å². The first-order valence-electron chi connectivity index (χ1n) is 6.89. The normalized spacial score (nSPS) is 22.7. The van der Waals surface area contributed by atoms with E-state index in [1.165, 1.54) is 0 Å². The maximum absolute atomic E-state index is 12.7. The average molecular weight is 374 g/mol. The second-order valence-corrected chi connectivity index (χ2v) is 6.93.